The minimum atomic E-state index is -0.958. The van der Waals surface area contributed by atoms with E-state index in [4.69, 9.17) is 20.3 Å². The van der Waals surface area contributed by atoms with Gasteiger partial charge in [-0.1, -0.05) is 18.2 Å². The maximum Gasteiger partial charge on any atom is 0.414 e. The molecular formula is C14H20N2O5. The lowest BCUT2D eigenvalue weighted by Crippen LogP contribution is -2.26. The Labute approximate surface area is 123 Å². The minimum absolute atomic E-state index is 0.152. The third kappa shape index (κ3) is 4.64. The number of rotatable bonds is 5. The fourth-order valence-electron chi connectivity index (χ4n) is 1.78. The van der Waals surface area contributed by atoms with Crippen molar-refractivity contribution in [1.82, 2.24) is 4.90 Å². The lowest BCUT2D eigenvalue weighted by atomic mass is 10.0. The Hall–Kier alpha value is -2.28. The van der Waals surface area contributed by atoms with Crippen molar-refractivity contribution >= 4 is 12.2 Å². The summed E-state index contributed by atoms with van der Waals surface area (Å²) in [6.45, 7) is 1.56. The Morgan fingerprint density at radius 3 is 2.57 bits per heavy atom. The first-order valence-electron chi connectivity index (χ1n) is 6.42. The highest BCUT2D eigenvalue weighted by Crippen LogP contribution is 2.33. The monoisotopic (exact) mass is 296 g/mol. The number of ether oxygens (including phenoxy) is 2. The van der Waals surface area contributed by atoms with Gasteiger partial charge in [0.05, 0.1) is 0 Å². The van der Waals surface area contributed by atoms with Gasteiger partial charge in [0.2, 0.25) is 0 Å². The molecule has 0 radical (unpaired) electrons. The molecule has 0 fully saturated rings. The zero-order chi connectivity index (χ0) is 16.0. The molecule has 7 nitrogen and oxygen atoms in total. The summed E-state index contributed by atoms with van der Waals surface area (Å²) in [5, 5.41) is 9.09. The first-order valence-corrected chi connectivity index (χ1v) is 6.42. The molecule has 0 aliphatic rings. The van der Waals surface area contributed by atoms with Crippen molar-refractivity contribution in [2.24, 2.45) is 5.73 Å². The molecule has 0 aliphatic heterocycles. The summed E-state index contributed by atoms with van der Waals surface area (Å²) < 4.78 is 10.3. The molecule has 2 amide bonds. The summed E-state index contributed by atoms with van der Waals surface area (Å²) in [5.74, 6) is 0.302. The second-order valence-electron chi connectivity index (χ2n) is 4.69. The third-order valence-corrected chi connectivity index (χ3v) is 2.79. The van der Waals surface area contributed by atoms with Crippen LogP contribution in [0.25, 0.3) is 0 Å². The molecule has 0 bridgehead atoms. The van der Waals surface area contributed by atoms with E-state index in [-0.39, 0.29) is 13.0 Å². The number of nitrogens with two attached hydrogens (primary N) is 1. The number of hydrogen-bond donors (Lipinski definition) is 2. The van der Waals surface area contributed by atoms with Gasteiger partial charge in [0.15, 0.2) is 0 Å². The van der Waals surface area contributed by atoms with E-state index in [1.807, 2.05) is 0 Å². The van der Waals surface area contributed by atoms with Gasteiger partial charge < -0.3 is 25.2 Å². The molecule has 1 aromatic rings. The van der Waals surface area contributed by atoms with Crippen molar-refractivity contribution in [2.75, 3.05) is 20.7 Å². The van der Waals surface area contributed by atoms with E-state index in [9.17, 15) is 9.59 Å². The Morgan fingerprint density at radius 2 is 2.05 bits per heavy atom. The van der Waals surface area contributed by atoms with Crippen LogP contribution in [0.3, 0.4) is 0 Å². The minimum Gasteiger partial charge on any atom is -0.441 e. The second-order valence-corrected chi connectivity index (χ2v) is 4.69. The Balaban J connectivity index is 3.17. The van der Waals surface area contributed by atoms with Gasteiger partial charge in [-0.3, -0.25) is 0 Å². The van der Waals surface area contributed by atoms with E-state index in [0.29, 0.717) is 16.9 Å². The molecule has 3 N–H and O–H groups in total. The SMILES string of the molecule is Cc1cccc(C(CCO)OC(N)=O)c1OC(=O)N(C)C. The van der Waals surface area contributed by atoms with Crippen LogP contribution in [0.15, 0.2) is 18.2 Å². The van der Waals surface area contributed by atoms with Crippen LogP contribution in [-0.2, 0) is 4.74 Å². The Kier molecular flexibility index (Phi) is 5.98. The molecule has 1 aromatic carbocycles. The van der Waals surface area contributed by atoms with Crippen molar-refractivity contribution in [2.45, 2.75) is 19.4 Å². The Morgan fingerprint density at radius 1 is 1.38 bits per heavy atom. The highest BCUT2D eigenvalue weighted by Gasteiger charge is 2.22. The Bertz CT molecular complexity index is 516. The number of carbonyl (C=O) groups excluding carboxylic acids is 2. The van der Waals surface area contributed by atoms with Crippen LogP contribution in [-0.4, -0.2) is 42.9 Å². The number of aryl methyl sites for hydroxylation is 1. The summed E-state index contributed by atoms with van der Waals surface area (Å²) >= 11 is 0. The summed E-state index contributed by atoms with van der Waals surface area (Å²) in [6, 6.07) is 5.17. The first kappa shape index (κ1) is 16.8. The first-order chi connectivity index (χ1) is 9.86. The van der Waals surface area contributed by atoms with E-state index in [0.717, 1.165) is 0 Å². The normalized spacial score (nSPS) is 11.6. The van der Waals surface area contributed by atoms with E-state index in [1.54, 1.807) is 39.2 Å². The van der Waals surface area contributed by atoms with Crippen molar-refractivity contribution < 1.29 is 24.2 Å². The van der Waals surface area contributed by atoms with Crippen LogP contribution in [0.5, 0.6) is 5.75 Å². The molecule has 1 atom stereocenters. The van der Waals surface area contributed by atoms with Gasteiger partial charge >= 0.3 is 12.2 Å². The van der Waals surface area contributed by atoms with Gasteiger partial charge in [-0.25, -0.2) is 9.59 Å². The average Bonchev–Trinajstić information content (AvgIpc) is 2.39. The van der Waals surface area contributed by atoms with Crippen molar-refractivity contribution in [3.8, 4) is 5.75 Å². The van der Waals surface area contributed by atoms with Crippen LogP contribution in [0.2, 0.25) is 0 Å². The fourth-order valence-corrected chi connectivity index (χ4v) is 1.78. The molecule has 0 aromatic heterocycles. The fraction of sp³-hybridized carbons (Fsp3) is 0.429. The lowest BCUT2D eigenvalue weighted by molar-refractivity contribution is 0.0859. The van der Waals surface area contributed by atoms with Crippen LogP contribution in [0.1, 0.15) is 23.7 Å². The number of primary amides is 1. The summed E-state index contributed by atoms with van der Waals surface area (Å²) in [7, 11) is 3.12. The number of hydrogen-bond acceptors (Lipinski definition) is 5. The van der Waals surface area contributed by atoms with Gasteiger partial charge in [0, 0.05) is 32.7 Å². The number of carbonyl (C=O) groups is 2. The molecule has 1 rings (SSSR count). The summed E-state index contributed by atoms with van der Waals surface area (Å²) in [5.41, 5.74) is 6.23. The van der Waals surface area contributed by atoms with Crippen LogP contribution in [0.4, 0.5) is 9.59 Å². The second kappa shape index (κ2) is 7.49. The molecule has 7 heteroatoms. The van der Waals surface area contributed by atoms with Crippen LogP contribution in [0, 0.1) is 6.92 Å². The molecule has 0 heterocycles. The van der Waals surface area contributed by atoms with Gasteiger partial charge in [-0.05, 0) is 12.5 Å². The van der Waals surface area contributed by atoms with Crippen LogP contribution >= 0.6 is 0 Å². The van der Waals surface area contributed by atoms with Crippen molar-refractivity contribution in [1.29, 1.82) is 0 Å². The number of amides is 2. The van der Waals surface area contributed by atoms with Crippen molar-refractivity contribution in [3.63, 3.8) is 0 Å². The number of benzene rings is 1. The van der Waals surface area contributed by atoms with E-state index < -0.39 is 18.3 Å². The maximum atomic E-state index is 11.7. The maximum absolute atomic E-state index is 11.7. The smallest absolute Gasteiger partial charge is 0.414 e. The van der Waals surface area contributed by atoms with Crippen LogP contribution < -0.4 is 10.5 Å². The topological polar surface area (TPSA) is 102 Å². The zero-order valence-corrected chi connectivity index (χ0v) is 12.3. The number of nitrogens with zero attached hydrogens (tertiary/aromatic N) is 1. The van der Waals surface area contributed by atoms with E-state index >= 15 is 0 Å². The predicted octanol–water partition coefficient (Wildman–Crippen LogP) is 1.57. The summed E-state index contributed by atoms with van der Waals surface area (Å²) in [4.78, 5) is 24.0. The number of para-hydroxylation sites is 1. The molecule has 0 saturated carbocycles. The largest absolute Gasteiger partial charge is 0.441 e. The zero-order valence-electron chi connectivity index (χ0n) is 12.3. The standard InChI is InChI=1S/C14H20N2O5/c1-9-5-4-6-10(11(7-8-17)20-13(15)18)12(9)21-14(19)16(2)3/h4-6,11,17H,7-8H2,1-3H3,(H2,15,18). The molecular weight excluding hydrogens is 276 g/mol. The lowest BCUT2D eigenvalue weighted by Gasteiger charge is -2.21. The number of aliphatic hydroxyl groups excluding tert-OH is 1. The quantitative estimate of drug-likeness (QED) is 0.858. The highest BCUT2D eigenvalue weighted by atomic mass is 16.6. The van der Waals surface area contributed by atoms with E-state index in [1.165, 1.54) is 4.90 Å². The van der Waals surface area contributed by atoms with Gasteiger partial charge in [0.25, 0.3) is 0 Å². The molecule has 1 unspecified atom stereocenters. The highest BCUT2D eigenvalue weighted by molar-refractivity contribution is 5.71. The molecule has 0 spiro atoms. The number of aliphatic hydroxyl groups is 1. The molecule has 0 saturated heterocycles. The molecule has 21 heavy (non-hydrogen) atoms. The summed E-state index contributed by atoms with van der Waals surface area (Å²) in [6.07, 6.45) is -2.14. The van der Waals surface area contributed by atoms with Gasteiger partial charge in [0.1, 0.15) is 11.9 Å². The van der Waals surface area contributed by atoms with Gasteiger partial charge in [-0.2, -0.15) is 0 Å². The van der Waals surface area contributed by atoms with Crippen molar-refractivity contribution in [3.05, 3.63) is 29.3 Å². The average molecular weight is 296 g/mol. The molecule has 0 aliphatic carbocycles. The van der Waals surface area contributed by atoms with E-state index in [2.05, 4.69) is 0 Å². The molecule has 116 valence electrons. The predicted molar refractivity (Wildman–Crippen MR) is 76.0 cm³/mol. The van der Waals surface area contributed by atoms with Gasteiger partial charge in [-0.15, -0.1) is 0 Å². The third-order valence-electron chi connectivity index (χ3n) is 2.79.